The van der Waals surface area contributed by atoms with Crippen molar-refractivity contribution in [3.8, 4) is 5.69 Å². The molecule has 4 rings (SSSR count). The second-order valence-electron chi connectivity index (χ2n) is 7.42. The molecule has 0 spiro atoms. The molecule has 160 valence electrons. The molecular weight excluding hydrogens is 419 g/mol. The van der Waals surface area contributed by atoms with Crippen molar-refractivity contribution in [3.63, 3.8) is 0 Å². The number of nitrogens with zero attached hydrogens (tertiary/aromatic N) is 4. The molecule has 0 bridgehead atoms. The third-order valence-electron chi connectivity index (χ3n) is 5.50. The van der Waals surface area contributed by atoms with Gasteiger partial charge in [0.15, 0.2) is 0 Å². The third kappa shape index (κ3) is 4.18. The van der Waals surface area contributed by atoms with Crippen molar-refractivity contribution in [3.05, 3.63) is 82.4 Å². The van der Waals surface area contributed by atoms with E-state index in [0.29, 0.717) is 60.1 Å². The van der Waals surface area contributed by atoms with Crippen LogP contribution in [0.5, 0.6) is 0 Å². The summed E-state index contributed by atoms with van der Waals surface area (Å²) in [4.78, 5) is 29.5. The summed E-state index contributed by atoms with van der Waals surface area (Å²) < 4.78 is 15.6. The first-order valence-corrected chi connectivity index (χ1v) is 10.5. The van der Waals surface area contributed by atoms with Gasteiger partial charge in [-0.05, 0) is 37.6 Å². The lowest BCUT2D eigenvalue weighted by Crippen LogP contribution is -2.37. The van der Waals surface area contributed by atoms with Gasteiger partial charge in [-0.3, -0.25) is 9.59 Å². The Labute approximate surface area is 184 Å². The van der Waals surface area contributed by atoms with Gasteiger partial charge in [0, 0.05) is 26.2 Å². The first kappa shape index (κ1) is 21.1. The Balaban J connectivity index is 1.49. The average Bonchev–Trinajstić information content (AvgIpc) is 2.98. The van der Waals surface area contributed by atoms with E-state index in [1.807, 2.05) is 0 Å². The second kappa shape index (κ2) is 8.89. The highest BCUT2D eigenvalue weighted by Gasteiger charge is 2.26. The molecule has 1 aromatic heterocycles. The number of carbonyl (C=O) groups excluding carboxylic acids is 2. The molecule has 8 heteroatoms. The molecule has 31 heavy (non-hydrogen) atoms. The van der Waals surface area contributed by atoms with Crippen molar-refractivity contribution in [2.75, 3.05) is 26.2 Å². The number of hydrogen-bond acceptors (Lipinski definition) is 3. The normalized spacial score (nSPS) is 14.4. The van der Waals surface area contributed by atoms with Crippen molar-refractivity contribution < 1.29 is 14.0 Å². The average molecular weight is 441 g/mol. The van der Waals surface area contributed by atoms with Crippen LogP contribution in [0.4, 0.5) is 4.39 Å². The van der Waals surface area contributed by atoms with E-state index in [-0.39, 0.29) is 11.8 Å². The van der Waals surface area contributed by atoms with Crippen LogP contribution < -0.4 is 0 Å². The van der Waals surface area contributed by atoms with Gasteiger partial charge in [-0.25, -0.2) is 9.07 Å². The van der Waals surface area contributed by atoms with Crippen LogP contribution in [0.25, 0.3) is 5.69 Å². The van der Waals surface area contributed by atoms with Crippen molar-refractivity contribution >= 4 is 23.4 Å². The zero-order chi connectivity index (χ0) is 22.0. The van der Waals surface area contributed by atoms with Crippen molar-refractivity contribution in [1.29, 1.82) is 0 Å². The number of hydrogen-bond donors (Lipinski definition) is 0. The van der Waals surface area contributed by atoms with Crippen LogP contribution in [-0.4, -0.2) is 57.6 Å². The number of aromatic nitrogens is 2. The van der Waals surface area contributed by atoms with Gasteiger partial charge in [0.1, 0.15) is 11.5 Å². The maximum absolute atomic E-state index is 14.2. The predicted octanol–water partition coefficient (Wildman–Crippen LogP) is 3.96. The van der Waals surface area contributed by atoms with Crippen LogP contribution in [0.2, 0.25) is 5.02 Å². The Bertz CT molecular complexity index is 1130. The number of benzene rings is 2. The molecule has 0 N–H and O–H groups in total. The molecule has 1 aliphatic heterocycles. The highest BCUT2D eigenvalue weighted by Crippen LogP contribution is 2.21. The van der Waals surface area contributed by atoms with Crippen LogP contribution in [0.15, 0.2) is 54.7 Å². The minimum absolute atomic E-state index is 0.136. The lowest BCUT2D eigenvalue weighted by atomic mass is 10.2. The van der Waals surface area contributed by atoms with E-state index in [9.17, 15) is 14.0 Å². The number of carbonyl (C=O) groups is 2. The molecule has 2 heterocycles. The Morgan fingerprint density at radius 2 is 1.52 bits per heavy atom. The van der Waals surface area contributed by atoms with Gasteiger partial charge in [-0.15, -0.1) is 0 Å². The van der Waals surface area contributed by atoms with Gasteiger partial charge in [0.05, 0.1) is 28.0 Å². The van der Waals surface area contributed by atoms with E-state index in [1.54, 1.807) is 59.2 Å². The third-order valence-corrected chi connectivity index (χ3v) is 5.83. The van der Waals surface area contributed by atoms with Gasteiger partial charge in [0.2, 0.25) is 0 Å². The molecule has 0 saturated carbocycles. The van der Waals surface area contributed by atoms with Crippen LogP contribution in [0, 0.1) is 12.7 Å². The molecular formula is C23H22ClFN4O2. The zero-order valence-electron chi connectivity index (χ0n) is 17.1. The molecule has 1 aliphatic rings. The second-order valence-corrected chi connectivity index (χ2v) is 7.83. The monoisotopic (exact) mass is 440 g/mol. The highest BCUT2D eigenvalue weighted by atomic mass is 35.5. The molecule has 6 nitrogen and oxygen atoms in total. The van der Waals surface area contributed by atoms with Gasteiger partial charge in [0.25, 0.3) is 11.8 Å². The molecule has 3 aromatic rings. The Morgan fingerprint density at radius 3 is 2.19 bits per heavy atom. The topological polar surface area (TPSA) is 58.4 Å². The van der Waals surface area contributed by atoms with Gasteiger partial charge in [-0.2, -0.15) is 5.10 Å². The number of para-hydroxylation sites is 1. The Kier molecular flexibility index (Phi) is 6.04. The number of halogens is 2. The summed E-state index contributed by atoms with van der Waals surface area (Å²) in [5, 5.41) is 4.65. The van der Waals surface area contributed by atoms with Gasteiger partial charge < -0.3 is 9.80 Å². The fraction of sp³-hybridized carbons (Fsp3) is 0.261. The van der Waals surface area contributed by atoms with Crippen LogP contribution in [0.3, 0.4) is 0 Å². The molecule has 1 fully saturated rings. The summed E-state index contributed by atoms with van der Waals surface area (Å²) in [6.45, 7) is 3.63. The van der Waals surface area contributed by atoms with Crippen molar-refractivity contribution in [1.82, 2.24) is 19.6 Å². The fourth-order valence-electron chi connectivity index (χ4n) is 3.78. The van der Waals surface area contributed by atoms with Crippen LogP contribution in [0.1, 0.15) is 32.8 Å². The Hall–Kier alpha value is -3.19. The largest absolute Gasteiger partial charge is 0.337 e. The van der Waals surface area contributed by atoms with E-state index in [1.165, 1.54) is 16.9 Å². The summed E-state index contributed by atoms with van der Waals surface area (Å²) in [5.74, 6) is -0.716. The Morgan fingerprint density at radius 1 is 0.903 bits per heavy atom. The van der Waals surface area contributed by atoms with E-state index in [4.69, 9.17) is 11.6 Å². The van der Waals surface area contributed by atoms with Gasteiger partial charge in [-0.1, -0.05) is 35.9 Å². The smallest absolute Gasteiger partial charge is 0.257 e. The first-order valence-electron chi connectivity index (χ1n) is 10.1. The lowest BCUT2D eigenvalue weighted by molar-refractivity contribution is 0.0718. The minimum atomic E-state index is -0.406. The summed E-state index contributed by atoms with van der Waals surface area (Å²) >= 11 is 6.17. The molecule has 2 aromatic carbocycles. The molecule has 1 saturated heterocycles. The van der Waals surface area contributed by atoms with E-state index < -0.39 is 5.82 Å². The standard InChI is InChI=1S/C23H22ClFN4O2/c1-16-18(15-26-29(16)21-10-5-4-9-20(21)25)23(31)28-12-6-11-27(13-14-28)22(30)17-7-2-3-8-19(17)24/h2-5,7-10,15H,6,11-14H2,1H3. The highest BCUT2D eigenvalue weighted by molar-refractivity contribution is 6.33. The van der Waals surface area contributed by atoms with Crippen molar-refractivity contribution in [2.24, 2.45) is 0 Å². The summed E-state index contributed by atoms with van der Waals surface area (Å²) in [6, 6.07) is 13.3. The zero-order valence-corrected chi connectivity index (χ0v) is 17.8. The van der Waals surface area contributed by atoms with E-state index >= 15 is 0 Å². The summed E-state index contributed by atoms with van der Waals surface area (Å²) in [6.07, 6.45) is 2.13. The minimum Gasteiger partial charge on any atom is -0.337 e. The predicted molar refractivity (Wildman–Crippen MR) is 116 cm³/mol. The van der Waals surface area contributed by atoms with Gasteiger partial charge >= 0.3 is 0 Å². The fourth-order valence-corrected chi connectivity index (χ4v) is 4.00. The molecule has 0 aliphatic carbocycles. The van der Waals surface area contributed by atoms with E-state index in [2.05, 4.69) is 5.10 Å². The molecule has 0 atom stereocenters. The maximum atomic E-state index is 14.2. The first-order chi connectivity index (χ1) is 15.0. The van der Waals surface area contributed by atoms with Crippen LogP contribution in [-0.2, 0) is 0 Å². The molecule has 0 unspecified atom stereocenters. The summed E-state index contributed by atoms with van der Waals surface area (Å²) in [5.41, 5.74) is 1.76. The van der Waals surface area contributed by atoms with Crippen molar-refractivity contribution in [2.45, 2.75) is 13.3 Å². The van der Waals surface area contributed by atoms with Crippen LogP contribution >= 0.6 is 11.6 Å². The van der Waals surface area contributed by atoms with E-state index in [0.717, 1.165) is 0 Å². The number of amides is 2. The SMILES string of the molecule is Cc1c(C(=O)N2CCCN(C(=O)c3ccccc3Cl)CC2)cnn1-c1ccccc1F. The number of rotatable bonds is 3. The lowest BCUT2D eigenvalue weighted by Gasteiger charge is -2.22. The maximum Gasteiger partial charge on any atom is 0.257 e. The molecule has 2 amide bonds. The summed E-state index contributed by atoms with van der Waals surface area (Å²) in [7, 11) is 0. The molecule has 0 radical (unpaired) electrons. The quantitative estimate of drug-likeness (QED) is 0.619.